The lowest BCUT2D eigenvalue weighted by atomic mass is 9.44. The highest BCUT2D eigenvalue weighted by molar-refractivity contribution is 6.34. The number of hydrogen-bond acceptors (Lipinski definition) is 8. The number of ether oxygens (including phenoxy) is 2. The summed E-state index contributed by atoms with van der Waals surface area (Å²) in [7, 11) is 0. The molecule has 0 saturated heterocycles. The van der Waals surface area contributed by atoms with Crippen LogP contribution in [0.2, 0.25) is 0 Å². The van der Waals surface area contributed by atoms with E-state index in [4.69, 9.17) is 15.2 Å². The van der Waals surface area contributed by atoms with Gasteiger partial charge in [-0.2, -0.15) is 0 Å². The monoisotopic (exact) mass is 549 g/mol. The molecule has 3 fully saturated rings. The van der Waals surface area contributed by atoms with E-state index in [1.54, 1.807) is 6.08 Å². The summed E-state index contributed by atoms with van der Waals surface area (Å²) in [6.45, 7) is 14.6. The van der Waals surface area contributed by atoms with Crippen molar-refractivity contribution in [2.75, 3.05) is 6.61 Å². The molecule has 0 radical (unpaired) electrons. The standard InChI is InChI=1S/C28H43N3O8/c1-8-26(6)13-18(39-24(37)30-23(36)38-14-25(4,5)31-22(35)21(29)34)27(7)15(2)9-11-28(16(3)20(26)33)12-10-17(32)19(27)28/h8,15-16,18-20,33H,1,9-14H2,2-7H3,(H2,29,34)(H,31,35)(H,30,36,37)/t15?,16-,18+,19-,20-,26+,27+,28-/m0/s1. The van der Waals surface area contributed by atoms with Crippen molar-refractivity contribution in [2.24, 2.45) is 39.7 Å². The van der Waals surface area contributed by atoms with Crippen LogP contribution >= 0.6 is 0 Å². The topological polar surface area (TPSA) is 174 Å². The van der Waals surface area contributed by atoms with Crippen LogP contribution in [0, 0.1) is 34.0 Å². The van der Waals surface area contributed by atoms with E-state index in [0.717, 1.165) is 12.8 Å². The molecule has 3 aliphatic rings. The zero-order valence-electron chi connectivity index (χ0n) is 23.8. The van der Waals surface area contributed by atoms with E-state index in [1.807, 2.05) is 20.8 Å². The summed E-state index contributed by atoms with van der Waals surface area (Å²) in [6, 6.07) is 0. The summed E-state index contributed by atoms with van der Waals surface area (Å²) in [5.74, 6) is -2.62. The second kappa shape index (κ2) is 10.6. The van der Waals surface area contributed by atoms with Crippen molar-refractivity contribution in [3.8, 4) is 0 Å². The maximum atomic E-state index is 13.4. The van der Waals surface area contributed by atoms with Gasteiger partial charge in [0, 0.05) is 23.2 Å². The molecule has 0 spiro atoms. The highest BCUT2D eigenvalue weighted by Gasteiger charge is 2.68. The van der Waals surface area contributed by atoms with E-state index >= 15 is 0 Å². The predicted octanol–water partition coefficient (Wildman–Crippen LogP) is 2.59. The number of amides is 4. The van der Waals surface area contributed by atoms with E-state index in [1.165, 1.54) is 13.8 Å². The first kappa shape index (κ1) is 30.6. The van der Waals surface area contributed by atoms with Gasteiger partial charge < -0.3 is 25.6 Å². The second-order valence-corrected chi connectivity index (χ2v) is 12.9. The van der Waals surface area contributed by atoms with Crippen LogP contribution < -0.4 is 16.4 Å². The summed E-state index contributed by atoms with van der Waals surface area (Å²) in [6.07, 6.45) is 0.862. The quantitative estimate of drug-likeness (QED) is 0.299. The fraction of sp³-hybridized carbons (Fsp3) is 0.750. The van der Waals surface area contributed by atoms with Gasteiger partial charge in [-0.3, -0.25) is 14.4 Å². The molecule has 2 bridgehead atoms. The minimum atomic E-state index is -1.18. The number of rotatable bonds is 5. The number of hydrogen-bond donors (Lipinski definition) is 4. The zero-order chi connectivity index (χ0) is 29.6. The highest BCUT2D eigenvalue weighted by Crippen LogP contribution is 2.67. The van der Waals surface area contributed by atoms with Crippen LogP contribution in [0.4, 0.5) is 9.59 Å². The van der Waals surface area contributed by atoms with Gasteiger partial charge in [0.15, 0.2) is 0 Å². The van der Waals surface area contributed by atoms with Crippen LogP contribution in [-0.2, 0) is 23.9 Å². The Morgan fingerprint density at radius 3 is 2.41 bits per heavy atom. The number of alkyl carbamates (subject to hydrolysis) is 2. The van der Waals surface area contributed by atoms with Crippen molar-refractivity contribution >= 4 is 29.8 Å². The molecule has 218 valence electrons. The Morgan fingerprint density at radius 2 is 1.82 bits per heavy atom. The Balaban J connectivity index is 1.83. The second-order valence-electron chi connectivity index (χ2n) is 12.9. The van der Waals surface area contributed by atoms with Crippen molar-refractivity contribution in [1.82, 2.24) is 10.6 Å². The maximum absolute atomic E-state index is 13.4. The Labute approximate surface area is 229 Å². The average Bonchev–Trinajstić information content (AvgIpc) is 3.21. The van der Waals surface area contributed by atoms with Gasteiger partial charge in [0.1, 0.15) is 18.5 Å². The normalized spacial score (nSPS) is 37.9. The molecule has 1 unspecified atom stereocenters. The fourth-order valence-electron chi connectivity index (χ4n) is 7.43. The van der Waals surface area contributed by atoms with Crippen LogP contribution in [0.25, 0.3) is 0 Å². The number of imide groups is 1. The van der Waals surface area contributed by atoms with Crippen molar-refractivity contribution < 1.29 is 38.6 Å². The molecule has 4 amide bonds. The molecule has 3 aliphatic carbocycles. The third kappa shape index (κ3) is 5.42. The van der Waals surface area contributed by atoms with Gasteiger partial charge in [0.05, 0.1) is 11.6 Å². The molecular formula is C28H43N3O8. The molecule has 0 heterocycles. The summed E-state index contributed by atoms with van der Waals surface area (Å²) >= 11 is 0. The Kier molecular flexibility index (Phi) is 8.28. The molecule has 0 aliphatic heterocycles. The van der Waals surface area contributed by atoms with E-state index < -0.39 is 63.9 Å². The van der Waals surface area contributed by atoms with Gasteiger partial charge in [-0.15, -0.1) is 6.58 Å². The number of nitrogens with one attached hydrogen (secondary N) is 2. The lowest BCUT2D eigenvalue weighted by Gasteiger charge is -2.61. The summed E-state index contributed by atoms with van der Waals surface area (Å²) in [5.41, 5.74) is 1.85. The minimum absolute atomic E-state index is 0.0357. The molecule has 3 rings (SSSR count). The summed E-state index contributed by atoms with van der Waals surface area (Å²) in [4.78, 5) is 61.4. The van der Waals surface area contributed by atoms with Crippen LogP contribution in [0.1, 0.15) is 73.6 Å². The zero-order valence-corrected chi connectivity index (χ0v) is 23.8. The third-order valence-electron chi connectivity index (χ3n) is 10.00. The summed E-state index contributed by atoms with van der Waals surface area (Å²) < 4.78 is 11.0. The Bertz CT molecular complexity index is 1060. The SMILES string of the molecule is C=C[C@]1(C)C[C@@H](OC(=O)NC(=O)OCC(C)(C)NC(=O)C(N)=O)[C@@]2(C)C(C)CC[C@]3(CCC(=O)[C@H]32)[C@@H](C)[C@@H]1O. The van der Waals surface area contributed by atoms with Gasteiger partial charge in [-0.25, -0.2) is 14.9 Å². The smallest absolute Gasteiger partial charge is 0.416 e. The van der Waals surface area contributed by atoms with Crippen molar-refractivity contribution in [3.63, 3.8) is 0 Å². The van der Waals surface area contributed by atoms with Gasteiger partial charge >= 0.3 is 24.0 Å². The fourth-order valence-corrected chi connectivity index (χ4v) is 7.43. The molecule has 0 aromatic rings. The minimum Gasteiger partial charge on any atom is -0.447 e. The van der Waals surface area contributed by atoms with Crippen molar-refractivity contribution in [3.05, 3.63) is 12.7 Å². The molecule has 5 N–H and O–H groups in total. The molecular weight excluding hydrogens is 506 g/mol. The van der Waals surface area contributed by atoms with Crippen LogP contribution in [0.3, 0.4) is 0 Å². The molecule has 39 heavy (non-hydrogen) atoms. The molecule has 11 heteroatoms. The van der Waals surface area contributed by atoms with Gasteiger partial charge in [0.25, 0.3) is 0 Å². The van der Waals surface area contributed by atoms with E-state index in [2.05, 4.69) is 24.1 Å². The first-order valence-corrected chi connectivity index (χ1v) is 13.5. The first-order valence-electron chi connectivity index (χ1n) is 13.5. The predicted molar refractivity (Wildman–Crippen MR) is 141 cm³/mol. The number of nitrogens with two attached hydrogens (primary N) is 1. The number of aliphatic hydroxyl groups is 1. The molecule has 0 aromatic heterocycles. The van der Waals surface area contributed by atoms with Gasteiger partial charge in [-0.05, 0) is 56.8 Å². The number of primary amides is 1. The van der Waals surface area contributed by atoms with E-state index in [-0.39, 0.29) is 30.6 Å². The lowest BCUT2D eigenvalue weighted by Crippen LogP contribution is -2.63. The van der Waals surface area contributed by atoms with Gasteiger partial charge in [0.2, 0.25) is 0 Å². The highest BCUT2D eigenvalue weighted by atomic mass is 16.6. The number of aliphatic hydroxyl groups excluding tert-OH is 1. The van der Waals surface area contributed by atoms with Crippen LogP contribution in [0.15, 0.2) is 12.7 Å². The largest absolute Gasteiger partial charge is 0.447 e. The van der Waals surface area contributed by atoms with E-state index in [9.17, 15) is 29.1 Å². The average molecular weight is 550 g/mol. The van der Waals surface area contributed by atoms with Crippen molar-refractivity contribution in [1.29, 1.82) is 0 Å². The van der Waals surface area contributed by atoms with E-state index in [0.29, 0.717) is 12.8 Å². The molecule has 8 atom stereocenters. The summed E-state index contributed by atoms with van der Waals surface area (Å²) in [5, 5.41) is 15.9. The first-order chi connectivity index (χ1) is 17.9. The molecule has 3 saturated carbocycles. The van der Waals surface area contributed by atoms with Gasteiger partial charge in [-0.1, -0.05) is 33.8 Å². The number of Topliss-reactive ketones (excluding diaryl/α,β-unsaturated/α-hetero) is 1. The van der Waals surface area contributed by atoms with Crippen LogP contribution in [0.5, 0.6) is 0 Å². The number of carbonyl (C=O) groups excluding carboxylic acids is 5. The van der Waals surface area contributed by atoms with Crippen LogP contribution in [-0.4, -0.2) is 59.2 Å². The Morgan fingerprint density at radius 1 is 1.18 bits per heavy atom. The van der Waals surface area contributed by atoms with Crippen molar-refractivity contribution in [2.45, 2.75) is 91.4 Å². The molecule has 0 aromatic carbocycles. The Hall–Kier alpha value is -2.95. The maximum Gasteiger partial charge on any atom is 0.416 e. The molecule has 11 nitrogen and oxygen atoms in total. The third-order valence-corrected chi connectivity index (χ3v) is 10.00. The number of carbonyl (C=O) groups is 5. The number of ketones is 1. The lowest BCUT2D eigenvalue weighted by molar-refractivity contribution is -0.191.